The number of benzene rings is 2. The second-order valence-corrected chi connectivity index (χ2v) is 9.60. The summed E-state index contributed by atoms with van der Waals surface area (Å²) in [6.45, 7) is 0. The van der Waals surface area contributed by atoms with Crippen molar-refractivity contribution in [1.82, 2.24) is 0 Å². The summed E-state index contributed by atoms with van der Waals surface area (Å²) in [5.74, 6) is 2.27. The Morgan fingerprint density at radius 1 is 1.05 bits per heavy atom. The highest BCUT2D eigenvalue weighted by molar-refractivity contribution is 8.19. The minimum atomic E-state index is -3.59. The molecule has 0 atom stereocenters. The Morgan fingerprint density at radius 3 is 2.41 bits per heavy atom. The van der Waals surface area contributed by atoms with Crippen molar-refractivity contribution in [1.29, 1.82) is 0 Å². The summed E-state index contributed by atoms with van der Waals surface area (Å²) in [5, 5.41) is 0.510. The van der Waals surface area contributed by atoms with Crippen molar-refractivity contribution in [2.75, 3.05) is 16.2 Å². The van der Waals surface area contributed by atoms with E-state index in [1.807, 2.05) is 41.7 Å². The molecule has 0 amide bonds. The van der Waals surface area contributed by atoms with E-state index < -0.39 is 10.0 Å². The van der Waals surface area contributed by atoms with Crippen LogP contribution in [0.15, 0.2) is 53.4 Å². The number of hydrogen-bond donors (Lipinski definition) is 1. The lowest BCUT2D eigenvalue weighted by atomic mass is 10.2. The quantitative estimate of drug-likeness (QED) is 0.851. The van der Waals surface area contributed by atoms with Gasteiger partial charge in [0, 0.05) is 22.2 Å². The smallest absolute Gasteiger partial charge is 0.261 e. The number of rotatable bonds is 4. The van der Waals surface area contributed by atoms with E-state index in [-0.39, 0.29) is 4.90 Å². The van der Waals surface area contributed by atoms with Crippen molar-refractivity contribution in [3.63, 3.8) is 0 Å². The van der Waals surface area contributed by atoms with Crippen LogP contribution >= 0.6 is 35.1 Å². The van der Waals surface area contributed by atoms with Crippen molar-refractivity contribution in [2.24, 2.45) is 0 Å². The number of nitrogens with one attached hydrogen (secondary N) is 1. The maximum absolute atomic E-state index is 12.4. The van der Waals surface area contributed by atoms with Gasteiger partial charge in [-0.3, -0.25) is 4.72 Å². The van der Waals surface area contributed by atoms with Crippen LogP contribution < -0.4 is 4.72 Å². The number of halogens is 1. The molecule has 0 bridgehead atoms. The highest BCUT2D eigenvalue weighted by Crippen LogP contribution is 2.45. The number of sulfonamides is 1. The lowest BCUT2D eigenvalue weighted by Gasteiger charge is -2.12. The molecule has 0 spiro atoms. The minimum absolute atomic E-state index is 0.201. The number of thioether (sulfide) groups is 2. The standard InChI is InChI=1S/C15H14ClNO2S3/c16-12-4-6-14(7-5-12)22(18,19)17-13-3-1-2-11(10-13)15-20-8-9-21-15/h1-7,10,15,17H,8-9H2. The average Bonchev–Trinajstić information content (AvgIpc) is 3.02. The second kappa shape index (κ2) is 6.74. The molecule has 0 aliphatic carbocycles. The third kappa shape index (κ3) is 3.74. The van der Waals surface area contributed by atoms with Gasteiger partial charge < -0.3 is 0 Å². The number of hydrogen-bond acceptors (Lipinski definition) is 4. The zero-order chi connectivity index (χ0) is 15.6. The first-order valence-electron chi connectivity index (χ1n) is 6.66. The normalized spacial score (nSPS) is 15.9. The fraction of sp³-hybridized carbons (Fsp3) is 0.200. The van der Waals surface area contributed by atoms with Gasteiger partial charge in [-0.05, 0) is 42.0 Å². The summed E-state index contributed by atoms with van der Waals surface area (Å²) in [6.07, 6.45) is 0. The van der Waals surface area contributed by atoms with E-state index in [2.05, 4.69) is 4.72 Å². The monoisotopic (exact) mass is 371 g/mol. The maximum Gasteiger partial charge on any atom is 0.261 e. The van der Waals surface area contributed by atoms with Crippen LogP contribution in [0.25, 0.3) is 0 Å². The van der Waals surface area contributed by atoms with Gasteiger partial charge in [-0.25, -0.2) is 8.42 Å². The van der Waals surface area contributed by atoms with Crippen LogP contribution in [-0.2, 0) is 10.0 Å². The summed E-state index contributed by atoms with van der Waals surface area (Å²) in [6, 6.07) is 13.7. The molecule has 7 heteroatoms. The van der Waals surface area contributed by atoms with Crippen LogP contribution in [0.5, 0.6) is 0 Å². The van der Waals surface area contributed by atoms with Crippen molar-refractivity contribution in [3.05, 3.63) is 59.1 Å². The molecule has 1 aliphatic rings. The summed E-state index contributed by atoms with van der Waals surface area (Å²) >= 11 is 9.58. The van der Waals surface area contributed by atoms with E-state index in [0.717, 1.165) is 17.1 Å². The van der Waals surface area contributed by atoms with Crippen LogP contribution in [0.4, 0.5) is 5.69 Å². The van der Waals surface area contributed by atoms with E-state index in [9.17, 15) is 8.42 Å². The van der Waals surface area contributed by atoms with Crippen LogP contribution in [-0.4, -0.2) is 19.9 Å². The van der Waals surface area contributed by atoms with Gasteiger partial charge in [-0.1, -0.05) is 23.7 Å². The summed E-state index contributed by atoms with van der Waals surface area (Å²) in [7, 11) is -3.59. The number of anilines is 1. The molecule has 1 heterocycles. The van der Waals surface area contributed by atoms with Gasteiger partial charge in [-0.15, -0.1) is 23.5 Å². The highest BCUT2D eigenvalue weighted by atomic mass is 35.5. The lowest BCUT2D eigenvalue weighted by molar-refractivity contribution is 0.601. The Kier molecular flexibility index (Phi) is 4.92. The average molecular weight is 372 g/mol. The fourth-order valence-electron chi connectivity index (χ4n) is 2.13. The zero-order valence-electron chi connectivity index (χ0n) is 11.5. The van der Waals surface area contributed by atoms with Crippen LogP contribution in [0.2, 0.25) is 5.02 Å². The van der Waals surface area contributed by atoms with Crippen LogP contribution in [0.1, 0.15) is 10.1 Å². The molecule has 0 radical (unpaired) electrons. The molecule has 1 N–H and O–H groups in total. The van der Waals surface area contributed by atoms with E-state index >= 15 is 0 Å². The molecule has 2 aromatic carbocycles. The van der Waals surface area contributed by atoms with E-state index in [1.54, 1.807) is 18.2 Å². The van der Waals surface area contributed by atoms with Gasteiger partial charge in [0.2, 0.25) is 0 Å². The van der Waals surface area contributed by atoms with Gasteiger partial charge >= 0.3 is 0 Å². The lowest BCUT2D eigenvalue weighted by Crippen LogP contribution is -2.12. The first kappa shape index (κ1) is 16.1. The molecule has 3 nitrogen and oxygen atoms in total. The molecule has 0 unspecified atom stereocenters. The van der Waals surface area contributed by atoms with Crippen molar-refractivity contribution >= 4 is 50.8 Å². The summed E-state index contributed by atoms with van der Waals surface area (Å²) in [5.41, 5.74) is 1.73. The Hall–Kier alpha value is -0.820. The van der Waals surface area contributed by atoms with E-state index in [0.29, 0.717) is 15.3 Å². The van der Waals surface area contributed by atoms with Gasteiger partial charge in [-0.2, -0.15) is 0 Å². The molecule has 1 saturated heterocycles. The summed E-state index contributed by atoms with van der Waals surface area (Å²) < 4.78 is 27.8. The predicted octanol–water partition coefficient (Wildman–Crippen LogP) is 4.62. The molecular formula is C15H14ClNO2S3. The van der Waals surface area contributed by atoms with Crippen molar-refractivity contribution in [2.45, 2.75) is 9.48 Å². The minimum Gasteiger partial charge on any atom is -0.280 e. The van der Waals surface area contributed by atoms with Gasteiger partial charge in [0.05, 0.1) is 9.48 Å². The highest BCUT2D eigenvalue weighted by Gasteiger charge is 2.19. The van der Waals surface area contributed by atoms with E-state index in [1.165, 1.54) is 12.1 Å². The molecular weight excluding hydrogens is 358 g/mol. The molecule has 3 rings (SSSR count). The predicted molar refractivity (Wildman–Crippen MR) is 96.4 cm³/mol. The third-order valence-electron chi connectivity index (χ3n) is 3.16. The Morgan fingerprint density at radius 2 is 1.73 bits per heavy atom. The first-order valence-corrected chi connectivity index (χ1v) is 10.6. The molecule has 2 aromatic rings. The van der Waals surface area contributed by atoms with Crippen LogP contribution in [0.3, 0.4) is 0 Å². The summed E-state index contributed by atoms with van der Waals surface area (Å²) in [4.78, 5) is 0.201. The molecule has 116 valence electrons. The van der Waals surface area contributed by atoms with Crippen LogP contribution in [0, 0.1) is 0 Å². The maximum atomic E-state index is 12.4. The van der Waals surface area contributed by atoms with Crippen molar-refractivity contribution < 1.29 is 8.42 Å². The Bertz CT molecular complexity index is 757. The molecule has 0 saturated carbocycles. The zero-order valence-corrected chi connectivity index (χ0v) is 14.7. The van der Waals surface area contributed by atoms with Gasteiger partial charge in [0.1, 0.15) is 0 Å². The second-order valence-electron chi connectivity index (χ2n) is 4.76. The van der Waals surface area contributed by atoms with E-state index in [4.69, 9.17) is 11.6 Å². The Labute approximate surface area is 143 Å². The molecule has 0 aromatic heterocycles. The Balaban J connectivity index is 1.82. The van der Waals surface area contributed by atoms with Gasteiger partial charge in [0.15, 0.2) is 0 Å². The third-order valence-corrected chi connectivity index (χ3v) is 7.91. The molecule has 22 heavy (non-hydrogen) atoms. The molecule has 1 fully saturated rings. The SMILES string of the molecule is O=S(=O)(Nc1cccc(C2SCCS2)c1)c1ccc(Cl)cc1. The fourth-order valence-corrected chi connectivity index (χ4v) is 6.14. The largest absolute Gasteiger partial charge is 0.280 e. The van der Waals surface area contributed by atoms with Gasteiger partial charge in [0.25, 0.3) is 10.0 Å². The topological polar surface area (TPSA) is 46.2 Å². The molecule has 1 aliphatic heterocycles. The first-order chi connectivity index (χ1) is 10.5. The van der Waals surface area contributed by atoms with Crippen molar-refractivity contribution in [3.8, 4) is 0 Å².